The lowest BCUT2D eigenvalue weighted by Gasteiger charge is -2.01. The lowest BCUT2D eigenvalue weighted by atomic mass is 10.0. The molecule has 2 aromatic rings. The molecule has 1 aromatic heterocycles. The summed E-state index contributed by atoms with van der Waals surface area (Å²) < 4.78 is 1.56. The number of aryl methyl sites for hydroxylation is 1. The van der Waals surface area contributed by atoms with Crippen molar-refractivity contribution in [1.29, 1.82) is 0 Å². The predicted molar refractivity (Wildman–Crippen MR) is 70.1 cm³/mol. The molecular weight excluding hydrogens is 212 g/mol. The maximum absolute atomic E-state index is 12.0. The fourth-order valence-electron chi connectivity index (χ4n) is 2.02. The molecule has 0 unspecified atom stereocenters. The molecule has 0 amide bonds. The highest BCUT2D eigenvalue weighted by Gasteiger charge is 2.12. The molecule has 2 rings (SSSR count). The van der Waals surface area contributed by atoms with E-state index in [1.807, 2.05) is 30.3 Å². The molecule has 0 spiro atoms. The summed E-state index contributed by atoms with van der Waals surface area (Å²) >= 11 is 0. The summed E-state index contributed by atoms with van der Waals surface area (Å²) in [6, 6.07) is 10.0. The maximum Gasteiger partial charge on any atom is 0.270 e. The van der Waals surface area contributed by atoms with Crippen LogP contribution in [0.25, 0.3) is 11.3 Å². The Kier molecular flexibility index (Phi) is 3.47. The molecule has 0 saturated carbocycles. The van der Waals surface area contributed by atoms with E-state index in [2.05, 4.69) is 12.0 Å². The van der Waals surface area contributed by atoms with E-state index < -0.39 is 0 Å². The maximum atomic E-state index is 12.0. The summed E-state index contributed by atoms with van der Waals surface area (Å²) in [5.74, 6) is 0. The Morgan fingerprint density at radius 2 is 1.94 bits per heavy atom. The highest BCUT2D eigenvalue weighted by Crippen LogP contribution is 2.20. The van der Waals surface area contributed by atoms with Crippen LogP contribution in [0, 0.1) is 0 Å². The zero-order valence-electron chi connectivity index (χ0n) is 10.4. The predicted octanol–water partition coefficient (Wildman–Crippen LogP) is 2.72. The molecule has 1 N–H and O–H groups in total. The third-order valence-corrected chi connectivity index (χ3v) is 2.99. The summed E-state index contributed by atoms with van der Waals surface area (Å²) in [6.45, 7) is 2.14. The summed E-state index contributed by atoms with van der Waals surface area (Å²) in [7, 11) is 1.77. The highest BCUT2D eigenvalue weighted by atomic mass is 16.1. The molecule has 0 aliphatic carbocycles. The fraction of sp³-hybridized carbons (Fsp3) is 0.357. The normalized spacial score (nSPS) is 10.7. The second-order valence-corrected chi connectivity index (χ2v) is 4.30. The lowest BCUT2D eigenvalue weighted by molar-refractivity contribution is 0.733. The molecule has 17 heavy (non-hydrogen) atoms. The van der Waals surface area contributed by atoms with Crippen LogP contribution in [0.5, 0.6) is 0 Å². The van der Waals surface area contributed by atoms with Crippen LogP contribution in [0.15, 0.2) is 35.1 Å². The molecule has 0 aliphatic rings. The SMILES string of the molecule is CCCCc1c(-c2ccccc2)[nH]n(C)c1=O. The number of hydrogen-bond acceptors (Lipinski definition) is 1. The van der Waals surface area contributed by atoms with Crippen LogP contribution < -0.4 is 5.56 Å². The first-order chi connectivity index (χ1) is 8.24. The van der Waals surface area contributed by atoms with Crippen molar-refractivity contribution in [2.24, 2.45) is 7.05 Å². The minimum Gasteiger partial charge on any atom is -0.295 e. The van der Waals surface area contributed by atoms with Gasteiger partial charge in [-0.15, -0.1) is 0 Å². The number of nitrogens with zero attached hydrogens (tertiary/aromatic N) is 1. The van der Waals surface area contributed by atoms with E-state index >= 15 is 0 Å². The van der Waals surface area contributed by atoms with Gasteiger partial charge in [0.05, 0.1) is 5.69 Å². The molecule has 1 aromatic carbocycles. The molecular formula is C14H18N2O. The van der Waals surface area contributed by atoms with Gasteiger partial charge < -0.3 is 0 Å². The first kappa shape index (κ1) is 11.7. The van der Waals surface area contributed by atoms with Crippen LogP contribution in [-0.2, 0) is 13.5 Å². The van der Waals surface area contributed by atoms with Gasteiger partial charge in [-0.1, -0.05) is 43.7 Å². The number of aromatic amines is 1. The quantitative estimate of drug-likeness (QED) is 0.861. The average molecular weight is 230 g/mol. The smallest absolute Gasteiger partial charge is 0.270 e. The van der Waals surface area contributed by atoms with Gasteiger partial charge in [-0.2, -0.15) is 0 Å². The van der Waals surface area contributed by atoms with Crippen molar-refractivity contribution in [3.8, 4) is 11.3 Å². The van der Waals surface area contributed by atoms with E-state index in [9.17, 15) is 4.79 Å². The van der Waals surface area contributed by atoms with Gasteiger partial charge in [0.25, 0.3) is 5.56 Å². The molecule has 0 atom stereocenters. The van der Waals surface area contributed by atoms with Crippen LogP contribution in [0.1, 0.15) is 25.3 Å². The molecule has 1 heterocycles. The standard InChI is InChI=1S/C14H18N2O/c1-3-4-10-12-13(15-16(2)14(12)17)11-8-6-5-7-9-11/h5-9,15H,3-4,10H2,1-2H3. The number of H-pyrrole nitrogens is 1. The Bertz CT molecular complexity index is 537. The van der Waals surface area contributed by atoms with E-state index in [4.69, 9.17) is 0 Å². The summed E-state index contributed by atoms with van der Waals surface area (Å²) in [5, 5.41) is 3.14. The molecule has 0 aliphatic heterocycles. The van der Waals surface area contributed by atoms with Crippen molar-refractivity contribution in [1.82, 2.24) is 9.78 Å². The van der Waals surface area contributed by atoms with E-state index in [0.29, 0.717) is 0 Å². The highest BCUT2D eigenvalue weighted by molar-refractivity contribution is 5.62. The Labute approximate surface area is 101 Å². The Morgan fingerprint density at radius 1 is 1.24 bits per heavy atom. The Morgan fingerprint density at radius 3 is 2.59 bits per heavy atom. The zero-order chi connectivity index (χ0) is 12.3. The summed E-state index contributed by atoms with van der Waals surface area (Å²) in [5.41, 5.74) is 3.04. The van der Waals surface area contributed by atoms with Crippen molar-refractivity contribution in [2.45, 2.75) is 26.2 Å². The van der Waals surface area contributed by atoms with Gasteiger partial charge >= 0.3 is 0 Å². The number of benzene rings is 1. The van der Waals surface area contributed by atoms with Gasteiger partial charge in [0.15, 0.2) is 0 Å². The first-order valence-corrected chi connectivity index (χ1v) is 6.07. The van der Waals surface area contributed by atoms with Crippen molar-refractivity contribution in [2.75, 3.05) is 0 Å². The van der Waals surface area contributed by atoms with Crippen molar-refractivity contribution in [3.63, 3.8) is 0 Å². The van der Waals surface area contributed by atoms with E-state index in [0.717, 1.165) is 36.1 Å². The topological polar surface area (TPSA) is 37.8 Å². The van der Waals surface area contributed by atoms with E-state index in [1.165, 1.54) is 0 Å². The number of unbranched alkanes of at least 4 members (excludes halogenated alkanes) is 1. The van der Waals surface area contributed by atoms with Crippen LogP contribution in [0.4, 0.5) is 0 Å². The average Bonchev–Trinajstić information content (AvgIpc) is 2.65. The molecule has 0 radical (unpaired) electrons. The zero-order valence-corrected chi connectivity index (χ0v) is 10.4. The number of nitrogens with one attached hydrogen (secondary N) is 1. The molecule has 3 heteroatoms. The third kappa shape index (κ3) is 2.33. The van der Waals surface area contributed by atoms with E-state index in [-0.39, 0.29) is 5.56 Å². The van der Waals surface area contributed by atoms with Gasteiger partial charge in [-0.05, 0) is 18.4 Å². The second kappa shape index (κ2) is 5.04. The summed E-state index contributed by atoms with van der Waals surface area (Å²) in [4.78, 5) is 12.0. The van der Waals surface area contributed by atoms with Crippen molar-refractivity contribution in [3.05, 3.63) is 46.2 Å². The Hall–Kier alpha value is -1.77. The molecule has 90 valence electrons. The minimum atomic E-state index is 0.0947. The van der Waals surface area contributed by atoms with Crippen molar-refractivity contribution >= 4 is 0 Å². The largest absolute Gasteiger partial charge is 0.295 e. The molecule has 0 fully saturated rings. The van der Waals surface area contributed by atoms with Gasteiger partial charge in [0.2, 0.25) is 0 Å². The number of rotatable bonds is 4. The molecule has 3 nitrogen and oxygen atoms in total. The van der Waals surface area contributed by atoms with Crippen LogP contribution in [0.2, 0.25) is 0 Å². The Balaban J connectivity index is 2.47. The molecule has 0 saturated heterocycles. The van der Waals surface area contributed by atoms with Crippen LogP contribution in [-0.4, -0.2) is 9.78 Å². The number of aromatic nitrogens is 2. The molecule has 0 bridgehead atoms. The minimum absolute atomic E-state index is 0.0947. The van der Waals surface area contributed by atoms with E-state index in [1.54, 1.807) is 11.7 Å². The third-order valence-electron chi connectivity index (χ3n) is 2.99. The van der Waals surface area contributed by atoms with Gasteiger partial charge in [-0.25, -0.2) is 0 Å². The van der Waals surface area contributed by atoms with Gasteiger partial charge in [-0.3, -0.25) is 14.6 Å². The second-order valence-electron chi connectivity index (χ2n) is 4.30. The fourth-order valence-corrected chi connectivity index (χ4v) is 2.02. The number of hydrogen-bond donors (Lipinski definition) is 1. The van der Waals surface area contributed by atoms with Crippen LogP contribution in [0.3, 0.4) is 0 Å². The summed E-state index contributed by atoms with van der Waals surface area (Å²) in [6.07, 6.45) is 2.99. The van der Waals surface area contributed by atoms with Gasteiger partial charge in [0.1, 0.15) is 0 Å². The monoisotopic (exact) mass is 230 g/mol. The van der Waals surface area contributed by atoms with Crippen LogP contribution >= 0.6 is 0 Å². The van der Waals surface area contributed by atoms with Gasteiger partial charge in [0, 0.05) is 12.6 Å². The first-order valence-electron chi connectivity index (χ1n) is 6.07. The lowest BCUT2D eigenvalue weighted by Crippen LogP contribution is -2.15. The van der Waals surface area contributed by atoms with Crippen molar-refractivity contribution < 1.29 is 0 Å².